The lowest BCUT2D eigenvalue weighted by molar-refractivity contribution is 0.0986. The number of fused-ring (bicyclic) bond motifs is 2. The number of para-hydroxylation sites is 2. The minimum absolute atomic E-state index is 0.000836. The molecule has 0 bridgehead atoms. The van der Waals surface area contributed by atoms with E-state index >= 15 is 0 Å². The molecule has 0 unspecified atom stereocenters. The van der Waals surface area contributed by atoms with E-state index in [9.17, 15) is 4.79 Å². The standard InChI is InChI=1S/C34H41N5O2/c1-25-14-17-39(32-8-4-3-7-31(32)36-25)34(40)28-9-11-29(26-10-12-30-27(23-26)13-15-35-30)33(24-28)41-22-6-5-16-38-20-18-37(2)19-21-38/h3-4,7-13,15,23-25,35-36H,5-6,14,16-22H2,1-2H3/t25-/m0/s1. The number of H-pyrrole nitrogens is 1. The summed E-state index contributed by atoms with van der Waals surface area (Å²) in [6.45, 7) is 9.12. The molecule has 0 radical (unpaired) electrons. The first-order valence-electron chi connectivity index (χ1n) is 15.0. The van der Waals surface area contributed by atoms with Gasteiger partial charge in [-0.05, 0) is 99.3 Å². The summed E-state index contributed by atoms with van der Waals surface area (Å²) in [5, 5.41) is 4.71. The Morgan fingerprint density at radius 2 is 1.80 bits per heavy atom. The fourth-order valence-electron chi connectivity index (χ4n) is 5.90. The highest BCUT2D eigenvalue weighted by Crippen LogP contribution is 2.35. The molecule has 3 heterocycles. The Hall–Kier alpha value is -3.81. The third kappa shape index (κ3) is 6.26. The summed E-state index contributed by atoms with van der Waals surface area (Å²) in [6.07, 6.45) is 4.92. The number of nitrogens with zero attached hydrogens (tertiary/aromatic N) is 3. The molecule has 1 atom stereocenters. The Bertz CT molecular complexity index is 1490. The molecule has 2 aliphatic heterocycles. The van der Waals surface area contributed by atoms with Gasteiger partial charge in [0, 0.05) is 61.6 Å². The smallest absolute Gasteiger partial charge is 0.258 e. The van der Waals surface area contributed by atoms with Crippen molar-refractivity contribution in [2.75, 3.05) is 63.1 Å². The molecule has 7 heteroatoms. The van der Waals surface area contributed by atoms with Crippen molar-refractivity contribution in [3.8, 4) is 16.9 Å². The zero-order valence-corrected chi connectivity index (χ0v) is 24.2. The van der Waals surface area contributed by atoms with E-state index in [1.807, 2.05) is 53.6 Å². The molecular weight excluding hydrogens is 510 g/mol. The van der Waals surface area contributed by atoms with Crippen LogP contribution in [0.4, 0.5) is 11.4 Å². The van der Waals surface area contributed by atoms with E-state index in [0.29, 0.717) is 24.8 Å². The fraction of sp³-hybridized carbons (Fsp3) is 0.382. The van der Waals surface area contributed by atoms with Gasteiger partial charge in [0.05, 0.1) is 18.0 Å². The predicted octanol–water partition coefficient (Wildman–Crippen LogP) is 6.09. The fourth-order valence-corrected chi connectivity index (χ4v) is 5.90. The van der Waals surface area contributed by atoms with Crippen LogP contribution in [0.2, 0.25) is 0 Å². The van der Waals surface area contributed by atoms with Crippen molar-refractivity contribution in [2.24, 2.45) is 0 Å². The Labute approximate surface area is 243 Å². The van der Waals surface area contributed by atoms with Gasteiger partial charge in [-0.3, -0.25) is 4.79 Å². The number of piperazine rings is 1. The van der Waals surface area contributed by atoms with Gasteiger partial charge >= 0.3 is 0 Å². The molecule has 214 valence electrons. The number of amides is 1. The number of nitrogens with one attached hydrogen (secondary N) is 2. The number of rotatable bonds is 8. The lowest BCUT2D eigenvalue weighted by Gasteiger charge is -2.32. The number of benzene rings is 3. The molecule has 1 saturated heterocycles. The minimum atomic E-state index is 0.000836. The lowest BCUT2D eigenvalue weighted by atomic mass is 10.0. The van der Waals surface area contributed by atoms with Gasteiger partial charge in [-0.15, -0.1) is 0 Å². The van der Waals surface area contributed by atoms with Crippen LogP contribution in [0.15, 0.2) is 72.9 Å². The van der Waals surface area contributed by atoms with Crippen LogP contribution >= 0.6 is 0 Å². The van der Waals surface area contributed by atoms with Crippen molar-refractivity contribution in [1.29, 1.82) is 0 Å². The molecular formula is C34H41N5O2. The van der Waals surface area contributed by atoms with Crippen molar-refractivity contribution in [3.63, 3.8) is 0 Å². The zero-order valence-electron chi connectivity index (χ0n) is 24.2. The number of carbonyl (C=O) groups is 1. The zero-order chi connectivity index (χ0) is 28.2. The van der Waals surface area contributed by atoms with Crippen LogP contribution in [0.1, 0.15) is 36.5 Å². The number of aromatic amines is 1. The largest absolute Gasteiger partial charge is 0.493 e. The average molecular weight is 552 g/mol. The number of hydrogen-bond donors (Lipinski definition) is 2. The van der Waals surface area contributed by atoms with Gasteiger partial charge in [-0.25, -0.2) is 0 Å². The van der Waals surface area contributed by atoms with Crippen LogP contribution < -0.4 is 15.0 Å². The number of hydrogen-bond acceptors (Lipinski definition) is 5. The first-order valence-corrected chi connectivity index (χ1v) is 15.0. The van der Waals surface area contributed by atoms with Crippen LogP contribution in [0.25, 0.3) is 22.0 Å². The molecule has 3 aromatic carbocycles. The van der Waals surface area contributed by atoms with Gasteiger partial charge in [0.15, 0.2) is 0 Å². The molecule has 7 nitrogen and oxygen atoms in total. The number of carbonyl (C=O) groups excluding carboxylic acids is 1. The summed E-state index contributed by atoms with van der Waals surface area (Å²) >= 11 is 0. The van der Waals surface area contributed by atoms with Crippen LogP contribution in [-0.2, 0) is 0 Å². The van der Waals surface area contributed by atoms with Gasteiger partial charge in [0.2, 0.25) is 0 Å². The van der Waals surface area contributed by atoms with E-state index in [2.05, 4.69) is 58.3 Å². The van der Waals surface area contributed by atoms with Crippen LogP contribution in [-0.4, -0.2) is 79.7 Å². The third-order valence-electron chi connectivity index (χ3n) is 8.44. The van der Waals surface area contributed by atoms with E-state index < -0.39 is 0 Å². The van der Waals surface area contributed by atoms with E-state index in [1.54, 1.807) is 0 Å². The Morgan fingerprint density at radius 3 is 2.68 bits per heavy atom. The van der Waals surface area contributed by atoms with Crippen LogP contribution in [0.3, 0.4) is 0 Å². The van der Waals surface area contributed by atoms with Crippen molar-refractivity contribution >= 4 is 28.2 Å². The molecule has 41 heavy (non-hydrogen) atoms. The summed E-state index contributed by atoms with van der Waals surface area (Å²) in [4.78, 5) is 24.1. The number of aromatic nitrogens is 1. The van der Waals surface area contributed by atoms with Crippen LogP contribution in [0, 0.1) is 0 Å². The lowest BCUT2D eigenvalue weighted by Crippen LogP contribution is -2.44. The molecule has 6 rings (SSSR count). The Balaban J connectivity index is 1.23. The normalized spacial score (nSPS) is 18.1. The summed E-state index contributed by atoms with van der Waals surface area (Å²) < 4.78 is 6.46. The SMILES string of the molecule is C[C@H]1CCN(C(=O)c2ccc(-c3ccc4[nH]ccc4c3)c(OCCCCN3CCN(C)CC3)c2)c2ccccc2N1. The van der Waals surface area contributed by atoms with E-state index in [1.165, 1.54) is 0 Å². The average Bonchev–Trinajstić information content (AvgIpc) is 3.39. The molecule has 2 aliphatic rings. The first-order chi connectivity index (χ1) is 20.0. The number of likely N-dealkylation sites (N-methyl/N-ethyl adjacent to an activating group) is 1. The molecule has 2 N–H and O–H groups in total. The molecule has 0 saturated carbocycles. The topological polar surface area (TPSA) is 63.8 Å². The summed E-state index contributed by atoms with van der Waals surface area (Å²) in [7, 11) is 2.19. The van der Waals surface area contributed by atoms with Gasteiger partial charge in [-0.2, -0.15) is 0 Å². The summed E-state index contributed by atoms with van der Waals surface area (Å²) in [6, 6.07) is 22.8. The third-order valence-corrected chi connectivity index (χ3v) is 8.44. The summed E-state index contributed by atoms with van der Waals surface area (Å²) in [5.74, 6) is 0.765. The van der Waals surface area contributed by atoms with Gasteiger partial charge in [-0.1, -0.05) is 18.2 Å². The van der Waals surface area contributed by atoms with E-state index in [4.69, 9.17) is 4.74 Å². The van der Waals surface area contributed by atoms with E-state index in [0.717, 1.165) is 91.1 Å². The second kappa shape index (κ2) is 12.4. The number of anilines is 2. The predicted molar refractivity (Wildman–Crippen MR) is 168 cm³/mol. The minimum Gasteiger partial charge on any atom is -0.493 e. The number of unbranched alkanes of at least 4 members (excludes halogenated alkanes) is 1. The van der Waals surface area contributed by atoms with Crippen molar-refractivity contribution < 1.29 is 9.53 Å². The highest BCUT2D eigenvalue weighted by molar-refractivity contribution is 6.08. The van der Waals surface area contributed by atoms with Gasteiger partial charge in [0.25, 0.3) is 5.91 Å². The number of ether oxygens (including phenoxy) is 1. The monoisotopic (exact) mass is 551 g/mol. The van der Waals surface area contributed by atoms with Crippen molar-refractivity contribution in [1.82, 2.24) is 14.8 Å². The Morgan fingerprint density at radius 1 is 0.951 bits per heavy atom. The summed E-state index contributed by atoms with van der Waals surface area (Å²) in [5.41, 5.74) is 5.77. The maximum absolute atomic E-state index is 14.0. The highest BCUT2D eigenvalue weighted by Gasteiger charge is 2.25. The second-order valence-electron chi connectivity index (χ2n) is 11.5. The van der Waals surface area contributed by atoms with Crippen molar-refractivity contribution in [3.05, 3.63) is 78.5 Å². The quantitative estimate of drug-likeness (QED) is 0.260. The molecule has 4 aromatic rings. The molecule has 1 fully saturated rings. The van der Waals surface area contributed by atoms with Crippen molar-refractivity contribution in [2.45, 2.75) is 32.2 Å². The highest BCUT2D eigenvalue weighted by atomic mass is 16.5. The van der Waals surface area contributed by atoms with Gasteiger partial charge in [0.1, 0.15) is 5.75 Å². The maximum atomic E-state index is 14.0. The molecule has 1 aromatic heterocycles. The maximum Gasteiger partial charge on any atom is 0.258 e. The first kappa shape index (κ1) is 27.4. The molecule has 0 spiro atoms. The molecule has 1 amide bonds. The second-order valence-corrected chi connectivity index (χ2v) is 11.5. The van der Waals surface area contributed by atoms with Crippen LogP contribution in [0.5, 0.6) is 5.75 Å². The Kier molecular flexibility index (Phi) is 8.26. The van der Waals surface area contributed by atoms with E-state index in [-0.39, 0.29) is 5.91 Å². The van der Waals surface area contributed by atoms with Gasteiger partial charge < -0.3 is 29.7 Å². The molecule has 0 aliphatic carbocycles.